The monoisotopic (exact) mass is 354 g/mol. The van der Waals surface area contributed by atoms with Gasteiger partial charge >= 0.3 is 0 Å². The fourth-order valence-electron chi connectivity index (χ4n) is 4.92. The summed E-state index contributed by atoms with van der Waals surface area (Å²) in [5.41, 5.74) is 2.75. The van der Waals surface area contributed by atoms with Crippen LogP contribution in [-0.4, -0.2) is 59.2 Å². The van der Waals surface area contributed by atoms with Crippen LogP contribution in [0, 0.1) is 5.92 Å². The Kier molecular flexibility index (Phi) is 3.89. The average molecular weight is 354 g/mol. The molecule has 2 aromatic rings. The number of nitrogens with zero attached hydrogens (tertiary/aromatic N) is 4. The lowest BCUT2D eigenvalue weighted by Gasteiger charge is -2.27. The Bertz CT molecular complexity index is 840. The van der Waals surface area contributed by atoms with Gasteiger partial charge in [0.2, 0.25) is 5.95 Å². The van der Waals surface area contributed by atoms with Crippen LogP contribution >= 0.6 is 0 Å². The van der Waals surface area contributed by atoms with E-state index in [-0.39, 0.29) is 5.91 Å². The molecule has 0 radical (unpaired) electrons. The number of imidazole rings is 1. The number of rotatable bonds is 2. The minimum absolute atomic E-state index is 0.180. The molecule has 3 heterocycles. The predicted octanol–water partition coefficient (Wildman–Crippen LogP) is 2.42. The normalized spacial score (nSPS) is 25.9. The average Bonchev–Trinajstić information content (AvgIpc) is 3.17. The smallest absolute Gasteiger partial charge is 0.254 e. The molecule has 2 atom stereocenters. The van der Waals surface area contributed by atoms with E-state index in [0.717, 1.165) is 61.8 Å². The predicted molar refractivity (Wildman–Crippen MR) is 101 cm³/mol. The number of fused-ring (bicyclic) bond motifs is 3. The Morgan fingerprint density at radius 2 is 2.08 bits per heavy atom. The van der Waals surface area contributed by atoms with Gasteiger partial charge < -0.3 is 19.1 Å². The molecule has 1 aliphatic carbocycles. The van der Waals surface area contributed by atoms with Gasteiger partial charge in [0.05, 0.1) is 24.2 Å². The quantitative estimate of drug-likeness (QED) is 0.831. The molecule has 1 aromatic carbocycles. The van der Waals surface area contributed by atoms with Gasteiger partial charge in [-0.05, 0) is 43.4 Å². The van der Waals surface area contributed by atoms with Gasteiger partial charge in [-0.2, -0.15) is 0 Å². The molecular weight excluding hydrogens is 328 g/mol. The summed E-state index contributed by atoms with van der Waals surface area (Å²) < 4.78 is 7.57. The second-order valence-corrected chi connectivity index (χ2v) is 7.92. The van der Waals surface area contributed by atoms with Crippen LogP contribution in [0.1, 0.15) is 36.0 Å². The molecule has 3 fully saturated rings. The number of aromatic nitrogens is 2. The molecule has 0 N–H and O–H groups in total. The van der Waals surface area contributed by atoms with Gasteiger partial charge in [-0.1, -0.05) is 6.42 Å². The summed E-state index contributed by atoms with van der Waals surface area (Å²) in [4.78, 5) is 22.3. The molecule has 0 unspecified atom stereocenters. The van der Waals surface area contributed by atoms with Crippen molar-refractivity contribution in [1.29, 1.82) is 0 Å². The molecule has 1 aromatic heterocycles. The molecular formula is C20H26N4O2. The van der Waals surface area contributed by atoms with E-state index in [1.807, 2.05) is 25.2 Å². The van der Waals surface area contributed by atoms with E-state index in [1.165, 1.54) is 19.3 Å². The molecule has 26 heavy (non-hydrogen) atoms. The SMILES string of the molecule is Cn1c(N2CCOCC2)nc2cc(C(=O)N3C[C@@H]4CCC[C@H]3C4)ccc21. The van der Waals surface area contributed by atoms with Gasteiger partial charge in [0.25, 0.3) is 5.91 Å². The summed E-state index contributed by atoms with van der Waals surface area (Å²) in [6.45, 7) is 4.14. The summed E-state index contributed by atoms with van der Waals surface area (Å²) >= 11 is 0. The second-order valence-electron chi connectivity index (χ2n) is 7.92. The third-order valence-electron chi connectivity index (χ3n) is 6.31. The van der Waals surface area contributed by atoms with E-state index in [0.29, 0.717) is 12.0 Å². The number of hydrogen-bond acceptors (Lipinski definition) is 4. The molecule has 1 saturated carbocycles. The zero-order valence-electron chi connectivity index (χ0n) is 15.4. The van der Waals surface area contributed by atoms with Crippen LogP contribution in [0.15, 0.2) is 18.2 Å². The van der Waals surface area contributed by atoms with Crippen LogP contribution in [0.2, 0.25) is 0 Å². The van der Waals surface area contributed by atoms with Gasteiger partial charge in [-0.25, -0.2) is 4.98 Å². The Morgan fingerprint density at radius 1 is 1.23 bits per heavy atom. The molecule has 2 bridgehead atoms. The van der Waals surface area contributed by atoms with Gasteiger partial charge in [-0.15, -0.1) is 0 Å². The number of morpholine rings is 1. The van der Waals surface area contributed by atoms with Crippen LogP contribution in [-0.2, 0) is 11.8 Å². The lowest BCUT2D eigenvalue weighted by Crippen LogP contribution is -2.37. The Balaban J connectivity index is 1.45. The molecule has 1 amide bonds. The maximum Gasteiger partial charge on any atom is 0.254 e. The topological polar surface area (TPSA) is 50.6 Å². The number of likely N-dealkylation sites (tertiary alicyclic amines) is 1. The largest absolute Gasteiger partial charge is 0.378 e. The van der Waals surface area contributed by atoms with Crippen molar-refractivity contribution < 1.29 is 9.53 Å². The van der Waals surface area contributed by atoms with E-state index < -0.39 is 0 Å². The third-order valence-corrected chi connectivity index (χ3v) is 6.31. The van der Waals surface area contributed by atoms with Crippen molar-refractivity contribution in [3.63, 3.8) is 0 Å². The highest BCUT2D eigenvalue weighted by molar-refractivity contribution is 5.98. The second kappa shape index (κ2) is 6.27. The lowest BCUT2D eigenvalue weighted by molar-refractivity contribution is 0.0733. The lowest BCUT2D eigenvalue weighted by atomic mass is 9.90. The van der Waals surface area contributed by atoms with E-state index in [4.69, 9.17) is 9.72 Å². The van der Waals surface area contributed by atoms with Crippen molar-refractivity contribution in [2.75, 3.05) is 37.7 Å². The maximum atomic E-state index is 13.1. The highest BCUT2D eigenvalue weighted by Gasteiger charge is 2.38. The standard InChI is InChI=1S/C20H26N4O2/c1-22-18-6-5-15(19(25)24-13-14-3-2-4-16(24)11-14)12-17(18)21-20(22)23-7-9-26-10-8-23/h5-6,12,14,16H,2-4,7-11,13H2,1H3/t14-,16+/m1/s1. The zero-order chi connectivity index (χ0) is 17.7. The van der Waals surface area contributed by atoms with E-state index in [1.54, 1.807) is 0 Å². The number of amides is 1. The van der Waals surface area contributed by atoms with Crippen molar-refractivity contribution in [1.82, 2.24) is 14.5 Å². The molecule has 6 nitrogen and oxygen atoms in total. The Hall–Kier alpha value is -2.08. The molecule has 6 heteroatoms. The van der Waals surface area contributed by atoms with Crippen molar-refractivity contribution in [3.05, 3.63) is 23.8 Å². The first-order chi connectivity index (χ1) is 12.7. The van der Waals surface area contributed by atoms with Crippen LogP contribution < -0.4 is 4.90 Å². The number of hydrogen-bond donors (Lipinski definition) is 0. The fraction of sp³-hybridized carbons (Fsp3) is 0.600. The van der Waals surface area contributed by atoms with E-state index in [9.17, 15) is 4.79 Å². The van der Waals surface area contributed by atoms with Gasteiger partial charge in [0.1, 0.15) is 0 Å². The zero-order valence-corrected chi connectivity index (χ0v) is 15.4. The Labute approximate surface area is 153 Å². The minimum Gasteiger partial charge on any atom is -0.378 e. The van der Waals surface area contributed by atoms with Crippen molar-refractivity contribution in [2.45, 2.75) is 31.7 Å². The van der Waals surface area contributed by atoms with E-state index >= 15 is 0 Å². The number of carbonyl (C=O) groups is 1. The highest BCUT2D eigenvalue weighted by atomic mass is 16.5. The fourth-order valence-corrected chi connectivity index (χ4v) is 4.92. The first-order valence-corrected chi connectivity index (χ1v) is 9.81. The van der Waals surface area contributed by atoms with Gasteiger partial charge in [0, 0.05) is 38.3 Å². The summed E-state index contributed by atoms with van der Waals surface area (Å²) in [5, 5.41) is 0. The summed E-state index contributed by atoms with van der Waals surface area (Å²) in [6.07, 6.45) is 4.90. The molecule has 138 valence electrons. The Morgan fingerprint density at radius 3 is 2.88 bits per heavy atom. The highest BCUT2D eigenvalue weighted by Crippen LogP contribution is 2.36. The first-order valence-electron chi connectivity index (χ1n) is 9.81. The summed E-state index contributed by atoms with van der Waals surface area (Å²) in [7, 11) is 2.05. The first kappa shape index (κ1) is 16.1. The summed E-state index contributed by atoms with van der Waals surface area (Å²) in [6, 6.07) is 6.44. The number of benzene rings is 1. The molecule has 0 spiro atoms. The van der Waals surface area contributed by atoms with Crippen LogP contribution in [0.3, 0.4) is 0 Å². The number of aryl methyl sites for hydroxylation is 1. The molecule has 2 saturated heterocycles. The van der Waals surface area contributed by atoms with Crippen molar-refractivity contribution in [2.24, 2.45) is 13.0 Å². The van der Waals surface area contributed by atoms with Gasteiger partial charge in [0.15, 0.2) is 0 Å². The van der Waals surface area contributed by atoms with Crippen molar-refractivity contribution in [3.8, 4) is 0 Å². The molecule has 3 aliphatic rings. The number of ether oxygens (including phenoxy) is 1. The van der Waals surface area contributed by atoms with Gasteiger partial charge in [-0.3, -0.25) is 4.79 Å². The maximum absolute atomic E-state index is 13.1. The van der Waals surface area contributed by atoms with Crippen molar-refractivity contribution >= 4 is 22.9 Å². The van der Waals surface area contributed by atoms with E-state index in [2.05, 4.69) is 14.4 Å². The van der Waals surface area contributed by atoms with Crippen LogP contribution in [0.25, 0.3) is 11.0 Å². The number of carbonyl (C=O) groups excluding carboxylic acids is 1. The molecule has 2 aliphatic heterocycles. The molecule has 5 rings (SSSR count). The minimum atomic E-state index is 0.180. The third kappa shape index (κ3) is 2.58. The summed E-state index contributed by atoms with van der Waals surface area (Å²) in [5.74, 6) is 1.86. The van der Waals surface area contributed by atoms with Crippen LogP contribution in [0.5, 0.6) is 0 Å². The number of anilines is 1. The van der Waals surface area contributed by atoms with Crippen LogP contribution in [0.4, 0.5) is 5.95 Å².